The molecule has 0 saturated heterocycles. The summed E-state index contributed by atoms with van der Waals surface area (Å²) in [5, 5.41) is 9.18. The molecule has 1 N–H and O–H groups in total. The summed E-state index contributed by atoms with van der Waals surface area (Å²) in [6.45, 7) is 1.16. The molecule has 0 aromatic carbocycles. The van der Waals surface area contributed by atoms with Crippen molar-refractivity contribution < 1.29 is 5.11 Å². The first-order valence-electron chi connectivity index (χ1n) is 4.09. The van der Waals surface area contributed by atoms with Gasteiger partial charge in [0, 0.05) is 5.75 Å². The minimum absolute atomic E-state index is 0.171. The highest BCUT2D eigenvalue weighted by Crippen LogP contribution is 2.26. The molecule has 1 heterocycles. The standard InChI is InChI=1S/C8H16N2OS/c1-10(2)4-3-8(5-11)6-12-7-9-8/h7,11H,3-6H2,1-2H3. The predicted octanol–water partition coefficient (Wildman–Crippen LogP) is 0.444. The van der Waals surface area contributed by atoms with E-state index < -0.39 is 0 Å². The molecule has 12 heavy (non-hydrogen) atoms. The van der Waals surface area contributed by atoms with Crippen molar-refractivity contribution in [1.82, 2.24) is 4.90 Å². The number of aliphatic hydroxyl groups is 1. The Balaban J connectivity index is 2.40. The summed E-state index contributed by atoms with van der Waals surface area (Å²) < 4.78 is 0. The summed E-state index contributed by atoms with van der Waals surface area (Å²) in [6, 6.07) is 0. The monoisotopic (exact) mass is 188 g/mol. The van der Waals surface area contributed by atoms with Crippen LogP contribution in [0.3, 0.4) is 0 Å². The normalized spacial score (nSPS) is 28.7. The molecular formula is C8H16N2OS. The maximum Gasteiger partial charge on any atom is 0.0949 e. The minimum atomic E-state index is -0.186. The molecule has 0 saturated carbocycles. The molecule has 0 spiro atoms. The van der Waals surface area contributed by atoms with Crippen LogP contribution in [0, 0.1) is 0 Å². The van der Waals surface area contributed by atoms with Crippen LogP contribution in [0.5, 0.6) is 0 Å². The van der Waals surface area contributed by atoms with Crippen molar-refractivity contribution in [2.24, 2.45) is 4.99 Å². The van der Waals surface area contributed by atoms with E-state index >= 15 is 0 Å². The molecule has 0 amide bonds. The first kappa shape index (κ1) is 10.0. The maximum atomic E-state index is 9.18. The minimum Gasteiger partial charge on any atom is -0.394 e. The van der Waals surface area contributed by atoms with Gasteiger partial charge in [-0.15, -0.1) is 11.8 Å². The van der Waals surface area contributed by atoms with Gasteiger partial charge in [-0.25, -0.2) is 0 Å². The molecule has 0 aliphatic carbocycles. The summed E-state index contributed by atoms with van der Waals surface area (Å²) >= 11 is 1.69. The highest BCUT2D eigenvalue weighted by atomic mass is 32.2. The molecule has 0 aromatic heterocycles. The van der Waals surface area contributed by atoms with Crippen molar-refractivity contribution in [3.05, 3.63) is 0 Å². The second-order valence-corrected chi connectivity index (χ2v) is 4.31. The lowest BCUT2D eigenvalue weighted by Gasteiger charge is -2.24. The molecule has 1 rings (SSSR count). The second kappa shape index (κ2) is 4.25. The van der Waals surface area contributed by atoms with Crippen LogP contribution in [-0.2, 0) is 0 Å². The van der Waals surface area contributed by atoms with E-state index in [0.29, 0.717) is 0 Å². The zero-order valence-electron chi connectivity index (χ0n) is 7.66. The summed E-state index contributed by atoms with van der Waals surface area (Å²) in [4.78, 5) is 6.44. The molecule has 0 bridgehead atoms. The van der Waals surface area contributed by atoms with Gasteiger partial charge in [0.05, 0.1) is 17.7 Å². The van der Waals surface area contributed by atoms with Gasteiger partial charge in [-0.2, -0.15) is 0 Å². The summed E-state index contributed by atoms with van der Waals surface area (Å²) in [5.41, 5.74) is 1.67. The Labute approximate surface area is 77.9 Å². The summed E-state index contributed by atoms with van der Waals surface area (Å²) in [7, 11) is 4.08. The number of nitrogens with zero attached hydrogens (tertiary/aromatic N) is 2. The average Bonchev–Trinajstić information content (AvgIpc) is 2.50. The van der Waals surface area contributed by atoms with Gasteiger partial charge in [0.1, 0.15) is 0 Å². The predicted molar refractivity (Wildman–Crippen MR) is 53.9 cm³/mol. The van der Waals surface area contributed by atoms with Crippen LogP contribution < -0.4 is 0 Å². The largest absolute Gasteiger partial charge is 0.394 e. The zero-order chi connectivity index (χ0) is 9.03. The van der Waals surface area contributed by atoms with E-state index in [0.717, 1.165) is 18.7 Å². The fourth-order valence-corrected chi connectivity index (χ4v) is 2.11. The molecular weight excluding hydrogens is 172 g/mol. The Morgan fingerprint density at radius 2 is 2.42 bits per heavy atom. The topological polar surface area (TPSA) is 35.8 Å². The van der Waals surface area contributed by atoms with Crippen LogP contribution in [0.15, 0.2) is 4.99 Å². The van der Waals surface area contributed by atoms with Gasteiger partial charge in [0.25, 0.3) is 0 Å². The molecule has 0 radical (unpaired) electrons. The first-order chi connectivity index (χ1) is 5.68. The molecule has 3 nitrogen and oxygen atoms in total. The van der Waals surface area contributed by atoms with Crippen molar-refractivity contribution in [2.75, 3.05) is 33.0 Å². The van der Waals surface area contributed by atoms with E-state index in [1.807, 2.05) is 19.6 Å². The van der Waals surface area contributed by atoms with Gasteiger partial charge < -0.3 is 10.0 Å². The lowest BCUT2D eigenvalue weighted by Crippen LogP contribution is -2.35. The molecule has 0 fully saturated rings. The van der Waals surface area contributed by atoms with Crippen LogP contribution in [0.4, 0.5) is 0 Å². The van der Waals surface area contributed by atoms with E-state index in [2.05, 4.69) is 9.89 Å². The van der Waals surface area contributed by atoms with Crippen molar-refractivity contribution >= 4 is 17.3 Å². The SMILES string of the molecule is CN(C)CCC1(CO)CSC=N1. The molecule has 1 aliphatic rings. The van der Waals surface area contributed by atoms with Crippen molar-refractivity contribution in [3.8, 4) is 0 Å². The fraction of sp³-hybridized carbons (Fsp3) is 0.875. The Morgan fingerprint density at radius 1 is 1.67 bits per heavy atom. The Kier molecular flexibility index (Phi) is 3.55. The van der Waals surface area contributed by atoms with Crippen LogP contribution in [0.2, 0.25) is 0 Å². The van der Waals surface area contributed by atoms with E-state index in [4.69, 9.17) is 0 Å². The number of hydrogen-bond donors (Lipinski definition) is 1. The van der Waals surface area contributed by atoms with E-state index in [-0.39, 0.29) is 12.1 Å². The van der Waals surface area contributed by atoms with Crippen LogP contribution in [0.1, 0.15) is 6.42 Å². The van der Waals surface area contributed by atoms with Gasteiger partial charge in [0.15, 0.2) is 0 Å². The van der Waals surface area contributed by atoms with Gasteiger partial charge in [-0.1, -0.05) is 0 Å². The molecule has 0 aromatic rings. The molecule has 1 unspecified atom stereocenters. The third-order valence-electron chi connectivity index (χ3n) is 2.07. The van der Waals surface area contributed by atoms with Gasteiger partial charge in [-0.05, 0) is 27.1 Å². The zero-order valence-corrected chi connectivity index (χ0v) is 8.47. The highest BCUT2D eigenvalue weighted by molar-refractivity contribution is 8.12. The molecule has 1 aliphatic heterocycles. The molecule has 4 heteroatoms. The number of thioether (sulfide) groups is 1. The third kappa shape index (κ3) is 2.47. The second-order valence-electron chi connectivity index (χ2n) is 3.48. The van der Waals surface area contributed by atoms with Crippen LogP contribution in [-0.4, -0.2) is 54.1 Å². The van der Waals surface area contributed by atoms with Gasteiger partial charge in [0.2, 0.25) is 0 Å². The molecule has 70 valence electrons. The van der Waals surface area contributed by atoms with Crippen molar-refractivity contribution in [1.29, 1.82) is 0 Å². The number of aliphatic imine (C=N–C) groups is 1. The van der Waals surface area contributed by atoms with Crippen molar-refractivity contribution in [3.63, 3.8) is 0 Å². The maximum absolute atomic E-state index is 9.18. The number of rotatable bonds is 4. The fourth-order valence-electron chi connectivity index (χ4n) is 1.11. The summed E-state index contributed by atoms with van der Waals surface area (Å²) in [5.74, 6) is 0.928. The molecule has 1 atom stereocenters. The van der Waals surface area contributed by atoms with E-state index in [1.165, 1.54) is 0 Å². The highest BCUT2D eigenvalue weighted by Gasteiger charge is 2.30. The van der Waals surface area contributed by atoms with Crippen LogP contribution >= 0.6 is 11.8 Å². The quantitative estimate of drug-likeness (QED) is 0.695. The Morgan fingerprint density at radius 3 is 2.83 bits per heavy atom. The Hall–Kier alpha value is -0.0600. The number of aliphatic hydroxyl groups excluding tert-OH is 1. The first-order valence-corrected chi connectivity index (χ1v) is 5.14. The van der Waals surface area contributed by atoms with Crippen molar-refractivity contribution in [2.45, 2.75) is 12.0 Å². The van der Waals surface area contributed by atoms with Crippen LogP contribution in [0.25, 0.3) is 0 Å². The van der Waals surface area contributed by atoms with E-state index in [9.17, 15) is 5.11 Å². The Bertz CT molecular complexity index is 172. The van der Waals surface area contributed by atoms with E-state index in [1.54, 1.807) is 11.8 Å². The van der Waals surface area contributed by atoms with Gasteiger partial charge in [-0.3, -0.25) is 4.99 Å². The summed E-state index contributed by atoms with van der Waals surface area (Å²) in [6.07, 6.45) is 0.944. The smallest absolute Gasteiger partial charge is 0.0949 e. The third-order valence-corrected chi connectivity index (χ3v) is 3.03. The lowest BCUT2D eigenvalue weighted by atomic mass is 10.00. The number of hydrogen-bond acceptors (Lipinski definition) is 4. The van der Waals surface area contributed by atoms with Gasteiger partial charge >= 0.3 is 0 Å². The lowest BCUT2D eigenvalue weighted by molar-refractivity contribution is 0.196. The average molecular weight is 188 g/mol.